The first-order chi connectivity index (χ1) is 15.3. The highest BCUT2D eigenvalue weighted by Gasteiger charge is 2.14. The summed E-state index contributed by atoms with van der Waals surface area (Å²) < 4.78 is 11.3. The van der Waals surface area contributed by atoms with Crippen LogP contribution in [-0.2, 0) is 6.42 Å². The molecule has 174 valence electrons. The number of rotatable bonds is 8. The highest BCUT2D eigenvalue weighted by atomic mass is 35.5. The second-order valence-electron chi connectivity index (χ2n) is 8.27. The Balaban J connectivity index is 0.000000181. The zero-order valence-electron chi connectivity index (χ0n) is 19.2. The number of hydrogen-bond acceptors (Lipinski definition) is 5. The van der Waals surface area contributed by atoms with Gasteiger partial charge in [0.2, 0.25) is 0 Å². The number of hydrogen-bond donors (Lipinski definition) is 2. The summed E-state index contributed by atoms with van der Waals surface area (Å²) in [6, 6.07) is 9.85. The lowest BCUT2D eigenvalue weighted by atomic mass is 10.1. The number of nitrogens with one attached hydrogen (secondary N) is 2. The molecule has 6 nitrogen and oxygen atoms in total. The van der Waals surface area contributed by atoms with Crippen molar-refractivity contribution in [2.75, 3.05) is 66.4 Å². The number of likely N-dealkylation sites (N-methyl/N-ethyl adjacent to an activating group) is 2. The summed E-state index contributed by atoms with van der Waals surface area (Å²) in [5, 5.41) is 5.79. The summed E-state index contributed by atoms with van der Waals surface area (Å²) in [5.41, 5.74) is 3.48. The Morgan fingerprint density at radius 3 is 2.16 bits per heavy atom. The van der Waals surface area contributed by atoms with Gasteiger partial charge in [-0.15, -0.1) is 0 Å². The van der Waals surface area contributed by atoms with Crippen molar-refractivity contribution in [3.63, 3.8) is 0 Å². The maximum atomic E-state index is 6.16. The first-order valence-electron chi connectivity index (χ1n) is 10.7. The predicted molar refractivity (Wildman–Crippen MR) is 135 cm³/mol. The second kappa shape index (κ2) is 11.7. The SMILES string of the molecule is CN(C)CCOc1cc2[nH]ccc2cc1Cl.CN(C)CCOc1cc2c(cc1Cl)CCN2. The average Bonchev–Trinajstić information content (AvgIpc) is 3.36. The molecule has 4 rings (SSSR count). The van der Waals surface area contributed by atoms with E-state index in [4.69, 9.17) is 32.7 Å². The Hall–Kier alpha value is -2.12. The third kappa shape index (κ3) is 6.94. The summed E-state index contributed by atoms with van der Waals surface area (Å²) >= 11 is 12.3. The van der Waals surface area contributed by atoms with Crippen LogP contribution >= 0.6 is 23.2 Å². The van der Waals surface area contributed by atoms with Crippen LogP contribution in [0.4, 0.5) is 5.69 Å². The summed E-state index contributed by atoms with van der Waals surface area (Å²) in [6.07, 6.45) is 2.94. The van der Waals surface area contributed by atoms with Crippen LogP contribution in [0.2, 0.25) is 10.0 Å². The Kier molecular flexibility index (Phi) is 8.93. The fourth-order valence-electron chi connectivity index (χ4n) is 3.25. The highest BCUT2D eigenvalue weighted by molar-refractivity contribution is 6.33. The molecule has 3 aromatic rings. The number of benzene rings is 2. The third-order valence-corrected chi connectivity index (χ3v) is 5.66. The first kappa shape index (κ1) is 24.5. The second-order valence-corrected chi connectivity index (χ2v) is 9.08. The number of H-pyrrole nitrogens is 1. The number of fused-ring (bicyclic) bond motifs is 2. The Morgan fingerprint density at radius 1 is 0.875 bits per heavy atom. The monoisotopic (exact) mass is 478 g/mol. The van der Waals surface area contributed by atoms with Crippen molar-refractivity contribution in [2.24, 2.45) is 0 Å². The molecule has 8 heteroatoms. The van der Waals surface area contributed by atoms with Crippen LogP contribution in [0, 0.1) is 0 Å². The van der Waals surface area contributed by atoms with E-state index in [9.17, 15) is 0 Å². The molecule has 2 N–H and O–H groups in total. The van der Waals surface area contributed by atoms with E-state index in [1.54, 1.807) is 0 Å². The minimum atomic E-state index is 0.638. The minimum absolute atomic E-state index is 0.638. The van der Waals surface area contributed by atoms with Crippen LogP contribution in [0.5, 0.6) is 11.5 Å². The summed E-state index contributed by atoms with van der Waals surface area (Å²) in [5.74, 6) is 1.51. The zero-order chi connectivity index (χ0) is 23.1. The van der Waals surface area contributed by atoms with Crippen molar-refractivity contribution >= 4 is 39.8 Å². The number of anilines is 1. The molecule has 0 aliphatic carbocycles. The average molecular weight is 479 g/mol. The van der Waals surface area contributed by atoms with Crippen LogP contribution in [0.1, 0.15) is 5.56 Å². The summed E-state index contributed by atoms with van der Waals surface area (Å²) in [6.45, 7) is 4.05. The largest absolute Gasteiger partial charge is 0.491 e. The minimum Gasteiger partial charge on any atom is -0.491 e. The molecule has 0 saturated heterocycles. The van der Waals surface area contributed by atoms with Crippen molar-refractivity contribution in [3.05, 3.63) is 52.1 Å². The lowest BCUT2D eigenvalue weighted by molar-refractivity contribution is 0.261. The summed E-state index contributed by atoms with van der Waals surface area (Å²) in [7, 11) is 8.07. The lowest BCUT2D eigenvalue weighted by Crippen LogP contribution is -2.19. The van der Waals surface area contributed by atoms with E-state index >= 15 is 0 Å². The van der Waals surface area contributed by atoms with Crippen molar-refractivity contribution in [2.45, 2.75) is 6.42 Å². The van der Waals surface area contributed by atoms with E-state index in [2.05, 4.69) is 20.1 Å². The first-order valence-corrected chi connectivity index (χ1v) is 11.5. The number of halogens is 2. The van der Waals surface area contributed by atoms with Crippen molar-refractivity contribution in [1.29, 1.82) is 0 Å². The molecule has 1 aromatic heterocycles. The van der Waals surface area contributed by atoms with Gasteiger partial charge in [0.25, 0.3) is 0 Å². The van der Waals surface area contributed by atoms with Gasteiger partial charge in [-0.2, -0.15) is 0 Å². The third-order valence-electron chi connectivity index (χ3n) is 5.07. The standard InChI is InChI=1S/C12H17ClN2O.C12H15ClN2O/c2*1-15(2)5-6-16-12-8-11-9(3-4-14-11)7-10(12)13/h7-8,14H,3-6H2,1-2H3;3-4,7-8,14H,5-6H2,1-2H3. The van der Waals surface area contributed by atoms with Crippen molar-refractivity contribution < 1.29 is 9.47 Å². The molecule has 0 atom stereocenters. The van der Waals surface area contributed by atoms with Gasteiger partial charge in [-0.3, -0.25) is 0 Å². The van der Waals surface area contributed by atoms with E-state index in [1.165, 1.54) is 5.56 Å². The molecule has 32 heavy (non-hydrogen) atoms. The van der Waals surface area contributed by atoms with Gasteiger partial charge in [0.05, 0.1) is 10.0 Å². The Bertz CT molecular complexity index is 1020. The molecule has 0 bridgehead atoms. The van der Waals surface area contributed by atoms with Crippen LogP contribution in [-0.4, -0.2) is 75.8 Å². The molecule has 0 spiro atoms. The van der Waals surface area contributed by atoms with E-state index in [0.717, 1.165) is 54.1 Å². The van der Waals surface area contributed by atoms with Crippen molar-refractivity contribution in [3.8, 4) is 11.5 Å². The van der Waals surface area contributed by atoms with E-state index < -0.39 is 0 Å². The van der Waals surface area contributed by atoms with Gasteiger partial charge < -0.3 is 29.6 Å². The smallest absolute Gasteiger partial charge is 0.140 e. The molecule has 0 saturated carbocycles. The molecule has 1 aliphatic heterocycles. The van der Waals surface area contributed by atoms with Gasteiger partial charge in [0, 0.05) is 54.6 Å². The van der Waals surface area contributed by atoms with Crippen LogP contribution < -0.4 is 14.8 Å². The van der Waals surface area contributed by atoms with Gasteiger partial charge in [0.15, 0.2) is 0 Å². The normalized spacial score (nSPS) is 12.5. The fourth-order valence-corrected chi connectivity index (χ4v) is 3.72. The maximum Gasteiger partial charge on any atom is 0.140 e. The summed E-state index contributed by atoms with van der Waals surface area (Å²) in [4.78, 5) is 7.29. The van der Waals surface area contributed by atoms with E-state index in [1.807, 2.05) is 64.7 Å². The maximum absolute atomic E-state index is 6.16. The quantitative estimate of drug-likeness (QED) is 0.476. The topological polar surface area (TPSA) is 52.8 Å². The lowest BCUT2D eigenvalue weighted by Gasteiger charge is -2.13. The van der Waals surface area contributed by atoms with Crippen molar-refractivity contribution in [1.82, 2.24) is 14.8 Å². The predicted octanol–water partition coefficient (Wildman–Crippen LogP) is 5.01. The van der Waals surface area contributed by atoms with Crippen LogP contribution in [0.3, 0.4) is 0 Å². The molecule has 0 radical (unpaired) electrons. The molecule has 2 aromatic carbocycles. The van der Waals surface area contributed by atoms with Crippen LogP contribution in [0.25, 0.3) is 10.9 Å². The van der Waals surface area contributed by atoms with Crippen LogP contribution in [0.15, 0.2) is 36.5 Å². The number of aromatic nitrogens is 1. The molecule has 2 heterocycles. The van der Waals surface area contributed by atoms with E-state index in [0.29, 0.717) is 23.3 Å². The molecular weight excluding hydrogens is 447 g/mol. The van der Waals surface area contributed by atoms with Gasteiger partial charge in [-0.1, -0.05) is 23.2 Å². The zero-order valence-corrected chi connectivity index (χ0v) is 20.7. The van der Waals surface area contributed by atoms with Gasteiger partial charge in [-0.05, 0) is 58.4 Å². The van der Waals surface area contributed by atoms with Gasteiger partial charge >= 0.3 is 0 Å². The van der Waals surface area contributed by atoms with E-state index in [-0.39, 0.29) is 0 Å². The van der Waals surface area contributed by atoms with Gasteiger partial charge in [0.1, 0.15) is 24.7 Å². The number of ether oxygens (including phenoxy) is 2. The molecule has 1 aliphatic rings. The molecule has 0 unspecified atom stereocenters. The highest BCUT2D eigenvalue weighted by Crippen LogP contribution is 2.34. The molecule has 0 fully saturated rings. The molecule has 0 amide bonds. The fraction of sp³-hybridized carbons (Fsp3) is 0.417. The number of aromatic amines is 1. The van der Waals surface area contributed by atoms with Gasteiger partial charge in [-0.25, -0.2) is 0 Å². The Labute approximate surface area is 200 Å². The molecular formula is C24H32Cl2N4O2. The Morgan fingerprint density at radius 2 is 1.50 bits per heavy atom. The number of nitrogens with zero attached hydrogens (tertiary/aromatic N) is 2.